The number of anilines is 1. The third-order valence-corrected chi connectivity index (χ3v) is 8.09. The maximum atomic E-state index is 13.5. The molecule has 0 spiro atoms. The average molecular weight is 796 g/mol. The third kappa shape index (κ3) is 14.8. The number of hydrogen-bond donors (Lipinski definition) is 3. The fraction of sp³-hybridized carbons (Fsp3) is 0.422. The molecule has 0 aliphatic rings. The molecule has 0 saturated heterocycles. The number of carbonyl (C=O) groups is 4. The Morgan fingerprint density at radius 3 is 1.93 bits per heavy atom. The topological polar surface area (TPSA) is 167 Å². The minimum absolute atomic E-state index is 0.0586. The molecular formula is C45H57N5O8. The van der Waals surface area contributed by atoms with Crippen LogP contribution in [0.5, 0.6) is 11.5 Å². The summed E-state index contributed by atoms with van der Waals surface area (Å²) in [4.78, 5) is 59.9. The third-order valence-electron chi connectivity index (χ3n) is 8.09. The van der Waals surface area contributed by atoms with Gasteiger partial charge in [0.15, 0.2) is 0 Å². The maximum Gasteiger partial charge on any atom is 0.437 e. The number of fused-ring (bicyclic) bond motifs is 1. The van der Waals surface area contributed by atoms with Gasteiger partial charge in [-0.1, -0.05) is 59.7 Å². The van der Waals surface area contributed by atoms with Gasteiger partial charge in [0.25, 0.3) is 5.91 Å². The molecule has 1 heterocycles. The molecular weight excluding hydrogens is 739 g/mol. The fourth-order valence-electron chi connectivity index (χ4n) is 5.21. The second-order valence-electron chi connectivity index (χ2n) is 18.3. The van der Waals surface area contributed by atoms with E-state index in [4.69, 9.17) is 18.9 Å². The largest absolute Gasteiger partial charge is 0.493 e. The first kappa shape index (κ1) is 44.7. The minimum Gasteiger partial charge on any atom is -0.493 e. The summed E-state index contributed by atoms with van der Waals surface area (Å²) in [7, 11) is 0. The second kappa shape index (κ2) is 18.1. The summed E-state index contributed by atoms with van der Waals surface area (Å²) < 4.78 is 22.1. The number of aliphatic imine (C=N–C) groups is 1. The van der Waals surface area contributed by atoms with Crippen molar-refractivity contribution >= 4 is 46.6 Å². The molecule has 1 aromatic heterocycles. The lowest BCUT2D eigenvalue weighted by molar-refractivity contribution is 0.0561. The lowest BCUT2D eigenvalue weighted by Crippen LogP contribution is -2.45. The Balaban J connectivity index is 1.40. The molecule has 0 radical (unpaired) electrons. The number of pyridine rings is 1. The first-order valence-electron chi connectivity index (χ1n) is 19.2. The summed E-state index contributed by atoms with van der Waals surface area (Å²) in [5.74, 6) is -0.0446. The van der Waals surface area contributed by atoms with Gasteiger partial charge in [0.1, 0.15) is 28.4 Å². The van der Waals surface area contributed by atoms with Crippen molar-refractivity contribution in [3.63, 3.8) is 0 Å². The van der Waals surface area contributed by atoms with Gasteiger partial charge in [0.05, 0.1) is 17.7 Å². The van der Waals surface area contributed by atoms with Crippen LogP contribution >= 0.6 is 0 Å². The van der Waals surface area contributed by atoms with Gasteiger partial charge < -0.3 is 29.6 Å². The summed E-state index contributed by atoms with van der Waals surface area (Å²) in [5.41, 5.74) is 0.763. The number of amides is 3. The number of guanidine groups is 1. The second-order valence-corrected chi connectivity index (χ2v) is 18.3. The molecule has 3 N–H and O–H groups in total. The number of esters is 1. The van der Waals surface area contributed by atoms with Crippen molar-refractivity contribution in [2.24, 2.45) is 15.8 Å². The van der Waals surface area contributed by atoms with E-state index in [0.717, 1.165) is 11.3 Å². The molecule has 0 fully saturated rings. The van der Waals surface area contributed by atoms with Crippen LogP contribution in [-0.4, -0.2) is 58.9 Å². The lowest BCUT2D eigenvalue weighted by atomic mass is 9.83. The zero-order valence-corrected chi connectivity index (χ0v) is 35.7. The number of aromatic nitrogens is 1. The van der Waals surface area contributed by atoms with Crippen molar-refractivity contribution < 1.29 is 38.1 Å². The molecule has 58 heavy (non-hydrogen) atoms. The molecule has 3 amide bonds. The smallest absolute Gasteiger partial charge is 0.437 e. The van der Waals surface area contributed by atoms with E-state index in [-0.39, 0.29) is 45.7 Å². The van der Waals surface area contributed by atoms with E-state index in [0.29, 0.717) is 29.6 Å². The maximum absolute atomic E-state index is 13.5. The predicted octanol–water partition coefficient (Wildman–Crippen LogP) is 9.49. The van der Waals surface area contributed by atoms with Crippen LogP contribution in [0.2, 0.25) is 0 Å². The van der Waals surface area contributed by atoms with Crippen LogP contribution < -0.4 is 25.4 Å². The van der Waals surface area contributed by atoms with Gasteiger partial charge in [0.2, 0.25) is 5.96 Å². The molecule has 0 bridgehead atoms. The molecule has 4 aromatic rings. The molecule has 0 aliphatic heterocycles. The van der Waals surface area contributed by atoms with Crippen LogP contribution in [0.15, 0.2) is 83.9 Å². The molecule has 0 unspecified atom stereocenters. The summed E-state index contributed by atoms with van der Waals surface area (Å²) in [6.45, 7) is 23.4. The molecule has 4 rings (SSSR count). The van der Waals surface area contributed by atoms with Crippen LogP contribution in [0.1, 0.15) is 109 Å². The SMILES string of the molecule is CC(C)(C)COc1ccc(C[C@H](NC(=O)c2ccc3cc(OC(=O)c4ccc(N/C(=N\C(=O)OC(C)(C)C)NC(=O)OC(C)(C)C)cc4)ccc3n2)C(C)(C)C)cc1. The molecule has 3 aromatic carbocycles. The number of nitrogens with zero attached hydrogens (tertiary/aromatic N) is 2. The van der Waals surface area contributed by atoms with Crippen LogP contribution in [0.3, 0.4) is 0 Å². The predicted molar refractivity (Wildman–Crippen MR) is 226 cm³/mol. The van der Waals surface area contributed by atoms with Crippen molar-refractivity contribution in [2.75, 3.05) is 11.9 Å². The highest BCUT2D eigenvalue weighted by molar-refractivity contribution is 6.06. The standard InChI is InChI=1S/C45H57N5O8/c1-42(2,3)27-55-32-20-13-28(14-21-32)25-36(43(4,5)6)48-37(51)35-23-17-30-26-33(22-24-34(30)47-35)56-38(52)29-15-18-31(19-16-29)46-39(49-40(53)57-44(7,8)9)50-41(54)58-45(10,11)12/h13-24,26,36H,25,27H2,1-12H3,(H,48,51)(H2,46,49,50,53,54)/t36-/m0/s1. The van der Waals surface area contributed by atoms with E-state index in [2.05, 4.69) is 67.5 Å². The van der Waals surface area contributed by atoms with Crippen molar-refractivity contribution in [3.05, 3.63) is 95.7 Å². The van der Waals surface area contributed by atoms with Gasteiger partial charge in [-0.3, -0.25) is 10.1 Å². The number of ether oxygens (including phenoxy) is 4. The lowest BCUT2D eigenvalue weighted by Gasteiger charge is -2.31. The molecule has 1 atom stereocenters. The molecule has 13 nitrogen and oxygen atoms in total. The number of benzene rings is 3. The Morgan fingerprint density at radius 2 is 1.34 bits per heavy atom. The summed E-state index contributed by atoms with van der Waals surface area (Å²) in [6, 6.07) is 22.3. The number of nitrogens with one attached hydrogen (secondary N) is 3. The van der Waals surface area contributed by atoms with Crippen molar-refractivity contribution in [1.82, 2.24) is 15.6 Å². The monoisotopic (exact) mass is 795 g/mol. The minimum atomic E-state index is -0.929. The Kier molecular flexibility index (Phi) is 13.9. The number of carbonyl (C=O) groups excluding carboxylic acids is 4. The van der Waals surface area contributed by atoms with Gasteiger partial charge in [-0.05, 0) is 125 Å². The summed E-state index contributed by atoms with van der Waals surface area (Å²) in [5, 5.41) is 9.13. The van der Waals surface area contributed by atoms with Crippen LogP contribution in [0.4, 0.5) is 15.3 Å². The zero-order chi connectivity index (χ0) is 43.1. The normalized spacial score (nSPS) is 12.9. The summed E-state index contributed by atoms with van der Waals surface area (Å²) >= 11 is 0. The Morgan fingerprint density at radius 1 is 0.724 bits per heavy atom. The van der Waals surface area contributed by atoms with Crippen LogP contribution in [0.25, 0.3) is 10.9 Å². The highest BCUT2D eigenvalue weighted by atomic mass is 16.6. The van der Waals surface area contributed by atoms with Gasteiger partial charge in [0, 0.05) is 17.1 Å². The van der Waals surface area contributed by atoms with Gasteiger partial charge in [-0.15, -0.1) is 4.99 Å². The molecule has 310 valence electrons. The van der Waals surface area contributed by atoms with Crippen molar-refractivity contribution in [2.45, 2.75) is 107 Å². The van der Waals surface area contributed by atoms with Gasteiger partial charge in [-0.25, -0.2) is 19.4 Å². The zero-order valence-electron chi connectivity index (χ0n) is 35.7. The number of rotatable bonds is 9. The van der Waals surface area contributed by atoms with E-state index in [9.17, 15) is 19.2 Å². The molecule has 0 saturated carbocycles. The van der Waals surface area contributed by atoms with Gasteiger partial charge >= 0.3 is 18.2 Å². The van der Waals surface area contributed by atoms with E-state index in [1.54, 1.807) is 84.0 Å². The van der Waals surface area contributed by atoms with E-state index in [1.165, 1.54) is 12.1 Å². The Bertz CT molecular complexity index is 2120. The quantitative estimate of drug-likeness (QED) is 0.0643. The fourth-order valence-corrected chi connectivity index (χ4v) is 5.21. The highest BCUT2D eigenvalue weighted by Gasteiger charge is 2.28. The Hall–Kier alpha value is -5.98. The van der Waals surface area contributed by atoms with Crippen LogP contribution in [-0.2, 0) is 15.9 Å². The van der Waals surface area contributed by atoms with E-state index >= 15 is 0 Å². The molecule has 13 heteroatoms. The average Bonchev–Trinajstić information content (AvgIpc) is 3.08. The van der Waals surface area contributed by atoms with Crippen LogP contribution in [0, 0.1) is 10.8 Å². The van der Waals surface area contributed by atoms with E-state index < -0.39 is 29.4 Å². The summed E-state index contributed by atoms with van der Waals surface area (Å²) in [6.07, 6.45) is -1.13. The highest BCUT2D eigenvalue weighted by Crippen LogP contribution is 2.26. The van der Waals surface area contributed by atoms with Gasteiger partial charge in [-0.2, -0.15) is 0 Å². The number of hydrogen-bond acceptors (Lipinski definition) is 9. The van der Waals surface area contributed by atoms with Crippen molar-refractivity contribution in [3.8, 4) is 11.5 Å². The first-order valence-corrected chi connectivity index (χ1v) is 19.2. The number of alkyl carbamates (subject to hydrolysis) is 1. The van der Waals surface area contributed by atoms with Crippen molar-refractivity contribution in [1.29, 1.82) is 0 Å². The Labute approximate surface area is 341 Å². The first-order chi connectivity index (χ1) is 26.8. The molecule has 0 aliphatic carbocycles. The van der Waals surface area contributed by atoms with E-state index in [1.807, 2.05) is 24.3 Å².